The first-order valence-corrected chi connectivity index (χ1v) is 8.81. The molecule has 0 unspecified atom stereocenters. The number of carboxylic acids is 1. The van der Waals surface area contributed by atoms with Gasteiger partial charge in [0.05, 0.1) is 29.1 Å². The number of hydrogen-bond donors (Lipinski definition) is 2. The Hall–Kier alpha value is -4.34. The molecule has 0 amide bonds. The molecular weight excluding hydrogens is 456 g/mol. The molecule has 0 aliphatic carbocycles. The summed E-state index contributed by atoms with van der Waals surface area (Å²) in [7, 11) is 0. The highest BCUT2D eigenvalue weighted by atomic mass is 19.4. The maximum Gasteiger partial charge on any atom is 0.490 e. The largest absolute Gasteiger partial charge is 0.490 e. The first-order valence-electron chi connectivity index (χ1n) is 8.81. The van der Waals surface area contributed by atoms with Crippen molar-refractivity contribution in [2.24, 2.45) is 0 Å². The van der Waals surface area contributed by atoms with Gasteiger partial charge < -0.3 is 10.1 Å². The van der Waals surface area contributed by atoms with Gasteiger partial charge in [0.2, 0.25) is 0 Å². The molecule has 0 atom stereocenters. The van der Waals surface area contributed by atoms with E-state index in [9.17, 15) is 26.3 Å². The summed E-state index contributed by atoms with van der Waals surface area (Å²) in [6.45, 7) is 0. The summed E-state index contributed by atoms with van der Waals surface area (Å²) in [6, 6.07) is 8.69. The van der Waals surface area contributed by atoms with E-state index in [1.165, 1.54) is 16.8 Å². The van der Waals surface area contributed by atoms with Crippen molar-refractivity contribution in [2.45, 2.75) is 12.4 Å². The van der Waals surface area contributed by atoms with Crippen LogP contribution >= 0.6 is 0 Å². The van der Waals surface area contributed by atoms with Crippen LogP contribution in [0.3, 0.4) is 0 Å². The lowest BCUT2D eigenvalue weighted by molar-refractivity contribution is -0.192. The van der Waals surface area contributed by atoms with Crippen molar-refractivity contribution >= 4 is 17.0 Å². The van der Waals surface area contributed by atoms with Crippen molar-refractivity contribution < 1.29 is 36.2 Å². The number of pyridine rings is 1. The van der Waals surface area contributed by atoms with E-state index in [1.807, 2.05) is 12.1 Å². The van der Waals surface area contributed by atoms with Crippen LogP contribution in [0.15, 0.2) is 55.1 Å². The maximum atomic E-state index is 12.9. The molecule has 0 saturated carbocycles. The molecular formula is C20H11F6N5O2. The van der Waals surface area contributed by atoms with Crippen molar-refractivity contribution in [3.05, 3.63) is 66.2 Å². The number of aromatic nitrogens is 4. The second-order valence-corrected chi connectivity index (χ2v) is 6.41. The molecule has 170 valence electrons. The number of nitrogens with zero attached hydrogens (tertiary/aromatic N) is 4. The molecule has 0 aliphatic heterocycles. The minimum absolute atomic E-state index is 0.375. The smallest absolute Gasteiger partial charge is 0.475 e. The fourth-order valence-electron chi connectivity index (χ4n) is 2.83. The van der Waals surface area contributed by atoms with Crippen LogP contribution in [-0.4, -0.2) is 37.0 Å². The van der Waals surface area contributed by atoms with E-state index >= 15 is 0 Å². The lowest BCUT2D eigenvalue weighted by Crippen LogP contribution is -2.21. The Bertz CT molecular complexity index is 1350. The van der Waals surface area contributed by atoms with Gasteiger partial charge in [-0.1, -0.05) is 0 Å². The molecule has 33 heavy (non-hydrogen) atoms. The normalized spacial score (nSPS) is 11.5. The Morgan fingerprint density at radius 1 is 1.12 bits per heavy atom. The van der Waals surface area contributed by atoms with Crippen LogP contribution < -0.4 is 0 Å². The van der Waals surface area contributed by atoms with E-state index in [2.05, 4.69) is 15.1 Å². The van der Waals surface area contributed by atoms with E-state index in [-0.39, 0.29) is 0 Å². The van der Waals surface area contributed by atoms with Gasteiger partial charge in [-0.2, -0.15) is 36.7 Å². The summed E-state index contributed by atoms with van der Waals surface area (Å²) in [5, 5.41) is 21.3. The second kappa shape index (κ2) is 8.65. The Morgan fingerprint density at radius 3 is 2.42 bits per heavy atom. The molecule has 4 aromatic rings. The van der Waals surface area contributed by atoms with Crippen molar-refractivity contribution in [1.82, 2.24) is 19.7 Å². The van der Waals surface area contributed by atoms with Gasteiger partial charge in [-0.05, 0) is 35.9 Å². The third kappa shape index (κ3) is 5.12. The fraction of sp³-hybridized carbons (Fsp3) is 0.100. The number of carboxylic acid groups (broad SMARTS) is 1. The average molecular weight is 467 g/mol. The van der Waals surface area contributed by atoms with Crippen molar-refractivity contribution in [3.63, 3.8) is 0 Å². The molecule has 2 N–H and O–H groups in total. The highest BCUT2D eigenvalue weighted by Gasteiger charge is 2.38. The molecule has 0 spiro atoms. The van der Waals surface area contributed by atoms with E-state index in [1.54, 1.807) is 30.9 Å². The minimum atomic E-state index is -5.08. The number of nitriles is 1. The predicted octanol–water partition coefficient (Wildman–Crippen LogP) is 4.94. The van der Waals surface area contributed by atoms with Crippen LogP contribution in [0.5, 0.6) is 0 Å². The average Bonchev–Trinajstić information content (AvgIpc) is 3.42. The van der Waals surface area contributed by atoms with Crippen molar-refractivity contribution in [2.75, 3.05) is 0 Å². The summed E-state index contributed by atoms with van der Waals surface area (Å²) in [5.74, 6) is -2.76. The first-order chi connectivity index (χ1) is 15.4. The SMILES string of the molecule is N#Cc1cc(-n2cc(-c3ccnc4[nH]ccc34)cn2)ccc1C(F)(F)F.O=C(O)C(F)(F)F. The van der Waals surface area contributed by atoms with Crippen LogP contribution in [0.1, 0.15) is 11.1 Å². The van der Waals surface area contributed by atoms with E-state index in [4.69, 9.17) is 15.2 Å². The molecule has 0 aliphatic rings. The summed E-state index contributed by atoms with van der Waals surface area (Å²) in [5.41, 5.74) is 1.39. The fourth-order valence-corrected chi connectivity index (χ4v) is 2.83. The quantitative estimate of drug-likeness (QED) is 0.406. The molecule has 0 saturated heterocycles. The van der Waals surface area contributed by atoms with Crippen molar-refractivity contribution in [1.29, 1.82) is 5.26 Å². The number of aromatic amines is 1. The maximum absolute atomic E-state index is 12.9. The zero-order chi connectivity index (χ0) is 24.4. The van der Waals surface area contributed by atoms with E-state index in [0.29, 0.717) is 5.69 Å². The molecule has 3 heterocycles. The number of carbonyl (C=O) groups is 1. The lowest BCUT2D eigenvalue weighted by Gasteiger charge is -2.10. The third-order valence-corrected chi connectivity index (χ3v) is 4.29. The zero-order valence-electron chi connectivity index (χ0n) is 16.1. The molecule has 0 radical (unpaired) electrons. The van der Waals surface area contributed by atoms with Crippen LogP contribution in [-0.2, 0) is 11.0 Å². The number of alkyl halides is 6. The van der Waals surface area contributed by atoms with Gasteiger partial charge in [0.1, 0.15) is 5.65 Å². The van der Waals surface area contributed by atoms with Gasteiger partial charge in [-0.3, -0.25) is 0 Å². The number of benzene rings is 1. The first kappa shape index (κ1) is 23.3. The Kier molecular flexibility index (Phi) is 6.12. The summed E-state index contributed by atoms with van der Waals surface area (Å²) < 4.78 is 72.0. The molecule has 7 nitrogen and oxygen atoms in total. The van der Waals surface area contributed by atoms with Gasteiger partial charge in [-0.15, -0.1) is 0 Å². The molecule has 1 aromatic carbocycles. The number of rotatable bonds is 2. The highest BCUT2D eigenvalue weighted by molar-refractivity contribution is 5.92. The van der Waals surface area contributed by atoms with Crippen LogP contribution in [0, 0.1) is 11.3 Å². The van der Waals surface area contributed by atoms with Crippen molar-refractivity contribution in [3.8, 4) is 22.9 Å². The van der Waals surface area contributed by atoms with Gasteiger partial charge >= 0.3 is 18.3 Å². The number of aliphatic carboxylic acids is 1. The molecule has 3 aromatic heterocycles. The monoisotopic (exact) mass is 467 g/mol. The molecule has 4 rings (SSSR count). The Morgan fingerprint density at radius 2 is 1.82 bits per heavy atom. The highest BCUT2D eigenvalue weighted by Crippen LogP contribution is 2.33. The number of halogens is 6. The molecule has 0 bridgehead atoms. The van der Waals surface area contributed by atoms with Gasteiger partial charge in [0.15, 0.2) is 0 Å². The lowest BCUT2D eigenvalue weighted by atomic mass is 10.1. The van der Waals surface area contributed by atoms with Gasteiger partial charge in [0, 0.05) is 29.5 Å². The summed E-state index contributed by atoms with van der Waals surface area (Å²) >= 11 is 0. The standard InChI is InChI=1S/C18H10F3N5.C2HF3O2/c19-18(20,21)16-2-1-13(7-11(16)8-22)26-10-12(9-25-26)14-3-5-23-17-15(14)4-6-24-17;3-2(4,5)1(6)7/h1-7,9-10H,(H,23,24);(H,6,7). The van der Waals surface area contributed by atoms with Gasteiger partial charge in [-0.25, -0.2) is 14.5 Å². The number of nitrogens with one attached hydrogen (secondary N) is 1. The van der Waals surface area contributed by atoms with Gasteiger partial charge in [0.25, 0.3) is 0 Å². The van der Waals surface area contributed by atoms with Crippen LogP contribution in [0.2, 0.25) is 0 Å². The summed E-state index contributed by atoms with van der Waals surface area (Å²) in [4.78, 5) is 16.1. The Labute approximate surface area is 180 Å². The van der Waals surface area contributed by atoms with E-state index < -0.39 is 29.4 Å². The molecule has 13 heteroatoms. The second-order valence-electron chi connectivity index (χ2n) is 6.41. The van der Waals surface area contributed by atoms with Crippen LogP contribution in [0.25, 0.3) is 27.8 Å². The Balaban J connectivity index is 0.000000383. The van der Waals surface area contributed by atoms with Crippen LogP contribution in [0.4, 0.5) is 26.3 Å². The third-order valence-electron chi connectivity index (χ3n) is 4.29. The number of H-pyrrole nitrogens is 1. The minimum Gasteiger partial charge on any atom is -0.475 e. The topological polar surface area (TPSA) is 108 Å². The summed E-state index contributed by atoms with van der Waals surface area (Å²) in [6.07, 6.45) is -2.90. The predicted molar refractivity (Wildman–Crippen MR) is 102 cm³/mol. The number of hydrogen-bond acceptors (Lipinski definition) is 4. The van der Waals surface area contributed by atoms with E-state index in [0.717, 1.165) is 28.2 Å². The zero-order valence-corrected chi connectivity index (χ0v) is 16.1. The number of fused-ring (bicyclic) bond motifs is 1. The molecule has 0 fully saturated rings.